The minimum atomic E-state index is -0.272. The zero-order valence-corrected chi connectivity index (χ0v) is 10.9. The van der Waals surface area contributed by atoms with Gasteiger partial charge in [0.1, 0.15) is 0 Å². The van der Waals surface area contributed by atoms with Crippen molar-refractivity contribution in [1.82, 2.24) is 10.4 Å². The molecule has 0 unspecified atom stereocenters. The minimum Gasteiger partial charge on any atom is -0.463 e. The number of nitrogens with one attached hydrogen (secondary N) is 1. The third kappa shape index (κ3) is 3.03. The van der Waals surface area contributed by atoms with E-state index in [0.717, 1.165) is 10.6 Å². The third-order valence-electron chi connectivity index (χ3n) is 2.62. The molecule has 1 heterocycles. The number of rotatable bonds is 4. The van der Waals surface area contributed by atoms with Crippen LogP contribution in [0.25, 0.3) is 0 Å². The topological polar surface area (TPSA) is 41.6 Å². The highest BCUT2D eigenvalue weighted by molar-refractivity contribution is 6.31. The summed E-state index contributed by atoms with van der Waals surface area (Å²) in [5, 5.41) is 2.56. The van der Waals surface area contributed by atoms with Crippen LogP contribution in [-0.4, -0.2) is 24.1 Å². The Bertz CT molecular complexity index is 474. The summed E-state index contributed by atoms with van der Waals surface area (Å²) in [5.74, 6) is -0.272. The second-order valence-electron chi connectivity index (χ2n) is 3.93. The monoisotopic (exact) mass is 266 g/mol. The molecule has 96 valence electrons. The van der Waals surface area contributed by atoms with Crippen LogP contribution >= 0.6 is 11.6 Å². The van der Waals surface area contributed by atoms with Gasteiger partial charge in [-0.2, -0.15) is 0 Å². The maximum atomic E-state index is 11.5. The first-order chi connectivity index (χ1) is 8.70. The quantitative estimate of drug-likeness (QED) is 0.848. The molecule has 18 heavy (non-hydrogen) atoms. The van der Waals surface area contributed by atoms with Gasteiger partial charge in [-0.05, 0) is 18.6 Å². The maximum absolute atomic E-state index is 11.5. The van der Waals surface area contributed by atoms with Crippen LogP contribution in [0.15, 0.2) is 36.0 Å². The molecule has 0 aliphatic carbocycles. The number of hydrazine groups is 1. The van der Waals surface area contributed by atoms with Crippen LogP contribution in [0.4, 0.5) is 0 Å². The summed E-state index contributed by atoms with van der Waals surface area (Å²) in [4.78, 5) is 11.5. The number of hydrogen-bond acceptors (Lipinski definition) is 4. The van der Waals surface area contributed by atoms with E-state index in [1.54, 1.807) is 13.1 Å². The molecule has 0 radical (unpaired) electrons. The predicted octanol–water partition coefficient (Wildman–Crippen LogP) is 2.11. The van der Waals surface area contributed by atoms with Gasteiger partial charge in [-0.1, -0.05) is 29.8 Å². The van der Waals surface area contributed by atoms with Crippen molar-refractivity contribution in [2.45, 2.75) is 13.5 Å². The molecule has 0 bridgehead atoms. The molecular weight excluding hydrogens is 252 g/mol. The molecule has 2 rings (SSSR count). The molecule has 0 saturated heterocycles. The van der Waals surface area contributed by atoms with Crippen molar-refractivity contribution in [2.75, 3.05) is 13.2 Å². The van der Waals surface area contributed by atoms with E-state index in [9.17, 15) is 4.79 Å². The first-order valence-electron chi connectivity index (χ1n) is 5.82. The van der Waals surface area contributed by atoms with E-state index in [1.165, 1.54) is 0 Å². The fraction of sp³-hybridized carbons (Fsp3) is 0.308. The number of benzene rings is 1. The summed E-state index contributed by atoms with van der Waals surface area (Å²) >= 11 is 6.08. The van der Waals surface area contributed by atoms with Crippen molar-refractivity contribution in [1.29, 1.82) is 0 Å². The molecule has 1 aromatic carbocycles. The minimum absolute atomic E-state index is 0.272. The van der Waals surface area contributed by atoms with E-state index in [2.05, 4.69) is 5.43 Å². The van der Waals surface area contributed by atoms with Crippen LogP contribution in [0.2, 0.25) is 5.02 Å². The van der Waals surface area contributed by atoms with Crippen molar-refractivity contribution in [2.24, 2.45) is 0 Å². The molecule has 0 atom stereocenters. The molecule has 0 saturated carbocycles. The lowest BCUT2D eigenvalue weighted by Crippen LogP contribution is -2.28. The molecule has 4 nitrogen and oxygen atoms in total. The van der Waals surface area contributed by atoms with E-state index in [4.69, 9.17) is 16.3 Å². The van der Waals surface area contributed by atoms with Crippen LogP contribution in [0.3, 0.4) is 0 Å². The summed E-state index contributed by atoms with van der Waals surface area (Å²) in [7, 11) is 0. The maximum Gasteiger partial charge on any atom is 0.336 e. The first kappa shape index (κ1) is 12.9. The van der Waals surface area contributed by atoms with Crippen LogP contribution < -0.4 is 5.43 Å². The number of carbonyl (C=O) groups excluding carboxylic acids is 1. The average Bonchev–Trinajstić information content (AvgIpc) is 2.81. The Balaban J connectivity index is 2.01. The van der Waals surface area contributed by atoms with Gasteiger partial charge in [-0.3, -0.25) is 0 Å². The van der Waals surface area contributed by atoms with Crippen molar-refractivity contribution >= 4 is 17.6 Å². The Labute approximate surface area is 111 Å². The van der Waals surface area contributed by atoms with E-state index in [-0.39, 0.29) is 5.97 Å². The normalized spacial score (nSPS) is 14.6. The van der Waals surface area contributed by atoms with Crippen molar-refractivity contribution in [3.8, 4) is 0 Å². The van der Waals surface area contributed by atoms with E-state index in [0.29, 0.717) is 25.3 Å². The number of nitrogens with zero attached hydrogens (tertiary/aromatic N) is 1. The zero-order chi connectivity index (χ0) is 13.0. The Kier molecular flexibility index (Phi) is 4.23. The molecule has 0 spiro atoms. The lowest BCUT2D eigenvalue weighted by atomic mass is 10.2. The molecule has 0 amide bonds. The van der Waals surface area contributed by atoms with Crippen LogP contribution in [-0.2, 0) is 16.1 Å². The Morgan fingerprint density at radius 2 is 2.28 bits per heavy atom. The van der Waals surface area contributed by atoms with E-state index in [1.807, 2.05) is 29.3 Å². The summed E-state index contributed by atoms with van der Waals surface area (Å²) in [5.41, 5.74) is 4.74. The Morgan fingerprint density at radius 1 is 1.50 bits per heavy atom. The number of ether oxygens (including phenoxy) is 1. The van der Waals surface area contributed by atoms with Gasteiger partial charge >= 0.3 is 5.97 Å². The molecule has 0 aromatic heterocycles. The fourth-order valence-electron chi connectivity index (χ4n) is 1.73. The number of hydrogen-bond donors (Lipinski definition) is 1. The summed E-state index contributed by atoms with van der Waals surface area (Å²) < 4.78 is 4.95. The van der Waals surface area contributed by atoms with Crippen molar-refractivity contribution in [3.63, 3.8) is 0 Å². The number of esters is 1. The van der Waals surface area contributed by atoms with Gasteiger partial charge < -0.3 is 9.75 Å². The lowest BCUT2D eigenvalue weighted by Gasteiger charge is -2.16. The summed E-state index contributed by atoms with van der Waals surface area (Å²) in [6, 6.07) is 7.64. The predicted molar refractivity (Wildman–Crippen MR) is 69.7 cm³/mol. The molecule has 0 fully saturated rings. The van der Waals surface area contributed by atoms with Crippen LogP contribution in [0, 0.1) is 0 Å². The summed E-state index contributed by atoms with van der Waals surface area (Å²) in [6.45, 7) is 3.29. The highest BCUT2D eigenvalue weighted by Gasteiger charge is 2.19. The Hall–Kier alpha value is -1.52. The number of carbonyl (C=O) groups is 1. The largest absolute Gasteiger partial charge is 0.463 e. The summed E-state index contributed by atoms with van der Waals surface area (Å²) in [6.07, 6.45) is 1.77. The van der Waals surface area contributed by atoms with Gasteiger partial charge in [0.05, 0.1) is 18.7 Å². The van der Waals surface area contributed by atoms with E-state index >= 15 is 0 Å². The standard InChI is InChI=1S/C13H15ClN2O2/c1-2-18-13(17)11-7-15-16(9-11)8-10-5-3-4-6-12(10)14/h3-6,9,15H,2,7-8H2,1H3. The fourth-order valence-corrected chi connectivity index (χ4v) is 1.92. The lowest BCUT2D eigenvalue weighted by molar-refractivity contribution is -0.138. The van der Waals surface area contributed by atoms with Gasteiger partial charge in [-0.25, -0.2) is 10.2 Å². The average molecular weight is 267 g/mol. The van der Waals surface area contributed by atoms with Crippen LogP contribution in [0.1, 0.15) is 12.5 Å². The van der Waals surface area contributed by atoms with Gasteiger partial charge in [0, 0.05) is 17.8 Å². The van der Waals surface area contributed by atoms with Gasteiger partial charge in [0.2, 0.25) is 0 Å². The van der Waals surface area contributed by atoms with Gasteiger partial charge in [0.25, 0.3) is 0 Å². The van der Waals surface area contributed by atoms with Gasteiger partial charge in [-0.15, -0.1) is 0 Å². The molecule has 1 aliphatic heterocycles. The highest BCUT2D eigenvalue weighted by atomic mass is 35.5. The second-order valence-corrected chi connectivity index (χ2v) is 4.34. The number of halogens is 1. The van der Waals surface area contributed by atoms with Crippen LogP contribution in [0.5, 0.6) is 0 Å². The van der Waals surface area contributed by atoms with Gasteiger partial charge in [0.15, 0.2) is 0 Å². The molecule has 1 aliphatic rings. The molecular formula is C13H15ClN2O2. The second kappa shape index (κ2) is 5.89. The van der Waals surface area contributed by atoms with Crippen molar-refractivity contribution < 1.29 is 9.53 Å². The zero-order valence-electron chi connectivity index (χ0n) is 10.1. The first-order valence-corrected chi connectivity index (χ1v) is 6.20. The SMILES string of the molecule is CCOC(=O)C1=CN(Cc2ccccc2Cl)NC1. The smallest absolute Gasteiger partial charge is 0.336 e. The molecule has 1 aromatic rings. The molecule has 1 N–H and O–H groups in total. The van der Waals surface area contributed by atoms with Crippen molar-refractivity contribution in [3.05, 3.63) is 46.6 Å². The van der Waals surface area contributed by atoms with E-state index < -0.39 is 0 Å². The third-order valence-corrected chi connectivity index (χ3v) is 2.99. The molecule has 5 heteroatoms. The highest BCUT2D eigenvalue weighted by Crippen LogP contribution is 2.18. The Morgan fingerprint density at radius 3 is 3.00 bits per heavy atom.